The first kappa shape index (κ1) is 12.9. The molecule has 0 saturated carbocycles. The quantitative estimate of drug-likeness (QED) is 0.813. The van der Waals surface area contributed by atoms with Crippen molar-refractivity contribution in [1.29, 1.82) is 0 Å². The van der Waals surface area contributed by atoms with Crippen LogP contribution in [-0.4, -0.2) is 29.2 Å². The van der Waals surface area contributed by atoms with E-state index in [4.69, 9.17) is 4.99 Å². The Morgan fingerprint density at radius 1 is 1.16 bits per heavy atom. The van der Waals surface area contributed by atoms with Gasteiger partial charge in [-0.2, -0.15) is 0 Å². The lowest BCUT2D eigenvalue weighted by molar-refractivity contribution is 0.219. The molecule has 1 atom stereocenters. The maximum absolute atomic E-state index is 4.90. The molecule has 0 spiro atoms. The number of allylic oxidation sites excluding steroid dienone is 1. The lowest BCUT2D eigenvalue weighted by atomic mass is 10.1. The fourth-order valence-corrected chi connectivity index (χ4v) is 3.69. The molecule has 3 heteroatoms. The summed E-state index contributed by atoms with van der Waals surface area (Å²) in [6, 6.07) is 8.59. The fourth-order valence-electron chi connectivity index (χ4n) is 2.63. The second-order valence-electron chi connectivity index (χ2n) is 5.31. The highest BCUT2D eigenvalue weighted by Crippen LogP contribution is 2.35. The fraction of sp³-hybridized carbons (Fsp3) is 0.438. The van der Waals surface area contributed by atoms with E-state index in [2.05, 4.69) is 42.7 Å². The Bertz CT molecular complexity index is 498. The van der Waals surface area contributed by atoms with Crippen molar-refractivity contribution in [3.8, 4) is 0 Å². The van der Waals surface area contributed by atoms with Gasteiger partial charge >= 0.3 is 0 Å². The number of benzene rings is 1. The van der Waals surface area contributed by atoms with Crippen LogP contribution in [0.4, 0.5) is 0 Å². The highest BCUT2D eigenvalue weighted by molar-refractivity contribution is 8.04. The van der Waals surface area contributed by atoms with E-state index in [1.807, 2.05) is 0 Å². The van der Waals surface area contributed by atoms with Crippen molar-refractivity contribution < 1.29 is 0 Å². The number of aliphatic imine (C=N–C) groups is 1. The number of nitrogens with zero attached hydrogens (tertiary/aromatic N) is 2. The van der Waals surface area contributed by atoms with Crippen molar-refractivity contribution in [2.24, 2.45) is 4.99 Å². The van der Waals surface area contributed by atoms with Gasteiger partial charge in [0, 0.05) is 23.6 Å². The topological polar surface area (TPSA) is 15.6 Å². The molecule has 1 aromatic carbocycles. The van der Waals surface area contributed by atoms with E-state index in [1.54, 1.807) is 11.8 Å². The van der Waals surface area contributed by atoms with Crippen molar-refractivity contribution >= 4 is 17.5 Å². The summed E-state index contributed by atoms with van der Waals surface area (Å²) in [5.41, 5.74) is 3.82. The van der Waals surface area contributed by atoms with Gasteiger partial charge in [0.15, 0.2) is 5.50 Å². The SMILES string of the molecule is C=C1SC(N2CCCCC2)N=C1c1ccc(C)cc1. The summed E-state index contributed by atoms with van der Waals surface area (Å²) in [5.74, 6) is 0. The van der Waals surface area contributed by atoms with E-state index in [9.17, 15) is 0 Å². The Balaban J connectivity index is 1.80. The van der Waals surface area contributed by atoms with Gasteiger partial charge in [0.05, 0.1) is 5.71 Å². The second-order valence-corrected chi connectivity index (χ2v) is 6.46. The van der Waals surface area contributed by atoms with E-state index in [-0.39, 0.29) is 5.50 Å². The molecule has 0 amide bonds. The standard InChI is InChI=1S/C16H20N2S/c1-12-6-8-14(9-7-12)15-13(2)19-16(17-15)18-10-4-3-5-11-18/h6-9,16H,2-5,10-11H2,1H3. The van der Waals surface area contributed by atoms with Gasteiger partial charge in [-0.1, -0.05) is 54.6 Å². The summed E-state index contributed by atoms with van der Waals surface area (Å²) >= 11 is 1.81. The van der Waals surface area contributed by atoms with Crippen molar-refractivity contribution in [3.05, 3.63) is 46.9 Å². The van der Waals surface area contributed by atoms with Crippen LogP contribution < -0.4 is 0 Å². The minimum absolute atomic E-state index is 0.254. The Hall–Kier alpha value is -1.06. The number of hydrogen-bond donors (Lipinski definition) is 0. The smallest absolute Gasteiger partial charge is 0.154 e. The van der Waals surface area contributed by atoms with Crippen LogP contribution in [0.1, 0.15) is 30.4 Å². The number of likely N-dealkylation sites (tertiary alicyclic amines) is 1. The minimum Gasteiger partial charge on any atom is -0.273 e. The molecule has 1 unspecified atom stereocenters. The van der Waals surface area contributed by atoms with Crippen LogP contribution >= 0.6 is 11.8 Å². The molecular weight excluding hydrogens is 252 g/mol. The highest BCUT2D eigenvalue weighted by Gasteiger charge is 2.28. The van der Waals surface area contributed by atoms with Gasteiger partial charge < -0.3 is 0 Å². The Morgan fingerprint density at radius 3 is 2.53 bits per heavy atom. The molecule has 2 heterocycles. The monoisotopic (exact) mass is 272 g/mol. The van der Waals surface area contributed by atoms with Crippen LogP contribution in [0.25, 0.3) is 0 Å². The first-order valence-electron chi connectivity index (χ1n) is 6.99. The number of piperidine rings is 1. The zero-order valence-electron chi connectivity index (χ0n) is 11.4. The zero-order valence-corrected chi connectivity index (χ0v) is 12.2. The maximum atomic E-state index is 4.90. The van der Waals surface area contributed by atoms with Crippen molar-refractivity contribution in [3.63, 3.8) is 0 Å². The van der Waals surface area contributed by atoms with Crippen molar-refractivity contribution in [2.75, 3.05) is 13.1 Å². The number of aryl methyl sites for hydroxylation is 1. The number of hydrogen-bond acceptors (Lipinski definition) is 3. The lowest BCUT2D eigenvalue weighted by Gasteiger charge is -2.29. The third kappa shape index (κ3) is 2.77. The van der Waals surface area contributed by atoms with Crippen LogP contribution in [0, 0.1) is 6.92 Å². The third-order valence-corrected chi connectivity index (χ3v) is 4.87. The predicted molar refractivity (Wildman–Crippen MR) is 83.7 cm³/mol. The molecule has 1 saturated heterocycles. The first-order chi connectivity index (χ1) is 9.24. The van der Waals surface area contributed by atoms with Crippen LogP contribution in [0.3, 0.4) is 0 Å². The lowest BCUT2D eigenvalue weighted by Crippen LogP contribution is -2.35. The molecule has 2 aliphatic rings. The predicted octanol–water partition coefficient (Wildman–Crippen LogP) is 3.81. The molecule has 1 aromatic rings. The van der Waals surface area contributed by atoms with Gasteiger partial charge in [-0.15, -0.1) is 0 Å². The molecule has 19 heavy (non-hydrogen) atoms. The van der Waals surface area contributed by atoms with Crippen LogP contribution in [0.15, 0.2) is 40.7 Å². The normalized spacial score (nSPS) is 24.6. The van der Waals surface area contributed by atoms with Gasteiger partial charge in [0.25, 0.3) is 0 Å². The van der Waals surface area contributed by atoms with E-state index in [0.29, 0.717) is 0 Å². The highest BCUT2D eigenvalue weighted by atomic mass is 32.2. The molecule has 2 aliphatic heterocycles. The molecule has 0 aromatic heterocycles. The summed E-state index contributed by atoms with van der Waals surface area (Å²) in [4.78, 5) is 8.50. The third-order valence-electron chi connectivity index (χ3n) is 3.78. The van der Waals surface area contributed by atoms with Crippen LogP contribution in [-0.2, 0) is 0 Å². The molecule has 0 radical (unpaired) electrons. The van der Waals surface area contributed by atoms with Gasteiger partial charge in [0.2, 0.25) is 0 Å². The second kappa shape index (κ2) is 5.51. The van der Waals surface area contributed by atoms with Gasteiger partial charge in [-0.3, -0.25) is 9.89 Å². The maximum Gasteiger partial charge on any atom is 0.154 e. The van der Waals surface area contributed by atoms with E-state index in [0.717, 1.165) is 10.6 Å². The Morgan fingerprint density at radius 2 is 1.84 bits per heavy atom. The minimum atomic E-state index is 0.254. The molecule has 0 aliphatic carbocycles. The molecule has 3 rings (SSSR count). The Kier molecular flexibility index (Phi) is 3.76. The summed E-state index contributed by atoms with van der Waals surface area (Å²) in [5, 5.41) is 0. The number of rotatable bonds is 2. The van der Waals surface area contributed by atoms with Crippen molar-refractivity contribution in [2.45, 2.75) is 31.7 Å². The average molecular weight is 272 g/mol. The average Bonchev–Trinajstić information content (AvgIpc) is 2.83. The van der Waals surface area contributed by atoms with E-state index in [1.165, 1.54) is 43.5 Å². The number of thioether (sulfide) groups is 1. The molecule has 0 N–H and O–H groups in total. The molecule has 0 bridgehead atoms. The summed E-state index contributed by atoms with van der Waals surface area (Å²) in [6.07, 6.45) is 3.97. The van der Waals surface area contributed by atoms with Crippen LogP contribution in [0.2, 0.25) is 0 Å². The summed E-state index contributed by atoms with van der Waals surface area (Å²) in [7, 11) is 0. The zero-order chi connectivity index (χ0) is 13.2. The first-order valence-corrected chi connectivity index (χ1v) is 7.87. The molecule has 1 fully saturated rings. The van der Waals surface area contributed by atoms with Crippen molar-refractivity contribution in [1.82, 2.24) is 4.90 Å². The Labute approximate surface area is 119 Å². The molecule has 2 nitrogen and oxygen atoms in total. The van der Waals surface area contributed by atoms with E-state index < -0.39 is 0 Å². The summed E-state index contributed by atoms with van der Waals surface area (Å²) in [6.45, 7) is 8.65. The summed E-state index contributed by atoms with van der Waals surface area (Å²) < 4.78 is 0. The largest absolute Gasteiger partial charge is 0.273 e. The van der Waals surface area contributed by atoms with Crippen LogP contribution in [0.5, 0.6) is 0 Å². The van der Waals surface area contributed by atoms with E-state index >= 15 is 0 Å². The van der Waals surface area contributed by atoms with Gasteiger partial charge in [-0.05, 0) is 19.8 Å². The van der Waals surface area contributed by atoms with Gasteiger partial charge in [0.1, 0.15) is 0 Å². The molecule has 100 valence electrons. The molecular formula is C16H20N2S. The van der Waals surface area contributed by atoms with Gasteiger partial charge in [-0.25, -0.2) is 0 Å².